The van der Waals surface area contributed by atoms with Gasteiger partial charge < -0.3 is 5.73 Å². The van der Waals surface area contributed by atoms with Gasteiger partial charge in [-0.2, -0.15) is 0 Å². The number of amides is 3. The fourth-order valence-corrected chi connectivity index (χ4v) is 4.39. The standard InChI is InChI=1S/C17H16N4O2S2/c1-9(14(22)21-17(18)23)24-15-12-8-13(11-6-4-3-5-7-11)25-16(12)20-10(2)19-15/h3-9H,1-2H3,(H3,18,21,22,23). The summed E-state index contributed by atoms with van der Waals surface area (Å²) in [5.74, 6) is 0.194. The summed E-state index contributed by atoms with van der Waals surface area (Å²) in [6.45, 7) is 3.52. The second kappa shape index (κ2) is 7.20. The maximum Gasteiger partial charge on any atom is 0.318 e. The molecule has 3 N–H and O–H groups in total. The first-order valence-corrected chi connectivity index (χ1v) is 9.24. The lowest BCUT2D eigenvalue weighted by Gasteiger charge is -2.10. The zero-order valence-electron chi connectivity index (χ0n) is 13.6. The van der Waals surface area contributed by atoms with Gasteiger partial charge in [-0.15, -0.1) is 11.3 Å². The number of fused-ring (bicyclic) bond motifs is 1. The van der Waals surface area contributed by atoms with E-state index in [4.69, 9.17) is 5.73 Å². The first-order chi connectivity index (χ1) is 11.9. The average Bonchev–Trinajstić information content (AvgIpc) is 2.99. The Morgan fingerprint density at radius 3 is 2.64 bits per heavy atom. The van der Waals surface area contributed by atoms with Crippen LogP contribution in [0, 0.1) is 6.92 Å². The highest BCUT2D eigenvalue weighted by Gasteiger charge is 2.20. The number of thiophene rings is 1. The summed E-state index contributed by atoms with van der Waals surface area (Å²) in [7, 11) is 0. The number of primary amides is 1. The van der Waals surface area contributed by atoms with E-state index in [9.17, 15) is 9.59 Å². The molecule has 0 saturated carbocycles. The zero-order chi connectivity index (χ0) is 18.0. The summed E-state index contributed by atoms with van der Waals surface area (Å²) in [4.78, 5) is 33.7. The van der Waals surface area contributed by atoms with Crippen LogP contribution in [0.25, 0.3) is 20.7 Å². The molecule has 2 heterocycles. The SMILES string of the molecule is Cc1nc(SC(C)C(=O)NC(N)=O)c2cc(-c3ccccc3)sc2n1. The Hall–Kier alpha value is -2.45. The second-order valence-corrected chi connectivity index (χ2v) is 7.75. The lowest BCUT2D eigenvalue weighted by Crippen LogP contribution is -2.39. The molecule has 1 unspecified atom stereocenters. The summed E-state index contributed by atoms with van der Waals surface area (Å²) in [5.41, 5.74) is 6.11. The normalized spacial score (nSPS) is 12.1. The third-order valence-electron chi connectivity index (χ3n) is 3.43. The van der Waals surface area contributed by atoms with Crippen molar-refractivity contribution in [3.05, 3.63) is 42.2 Å². The lowest BCUT2D eigenvalue weighted by atomic mass is 10.2. The number of rotatable bonds is 4. The highest BCUT2D eigenvalue weighted by molar-refractivity contribution is 8.00. The Kier molecular flexibility index (Phi) is 5.00. The Morgan fingerprint density at radius 2 is 1.96 bits per heavy atom. The molecular weight excluding hydrogens is 356 g/mol. The molecule has 8 heteroatoms. The van der Waals surface area contributed by atoms with Crippen LogP contribution < -0.4 is 11.1 Å². The molecule has 0 aliphatic rings. The maximum atomic E-state index is 11.9. The van der Waals surface area contributed by atoms with Crippen molar-refractivity contribution in [1.82, 2.24) is 15.3 Å². The van der Waals surface area contributed by atoms with Gasteiger partial charge in [-0.05, 0) is 25.5 Å². The smallest absolute Gasteiger partial charge is 0.318 e. The minimum atomic E-state index is -0.858. The predicted molar refractivity (Wildman–Crippen MR) is 101 cm³/mol. The van der Waals surface area contributed by atoms with Gasteiger partial charge in [0.2, 0.25) is 5.91 Å². The van der Waals surface area contributed by atoms with Crippen molar-refractivity contribution < 1.29 is 9.59 Å². The number of nitrogens with zero attached hydrogens (tertiary/aromatic N) is 2. The molecule has 3 amide bonds. The molecule has 1 aromatic carbocycles. The zero-order valence-corrected chi connectivity index (χ0v) is 15.3. The van der Waals surface area contributed by atoms with Crippen molar-refractivity contribution >= 4 is 45.3 Å². The molecule has 0 bridgehead atoms. The number of nitrogens with one attached hydrogen (secondary N) is 1. The number of hydrogen-bond acceptors (Lipinski definition) is 6. The van der Waals surface area contributed by atoms with E-state index in [1.165, 1.54) is 11.8 Å². The van der Waals surface area contributed by atoms with Crippen molar-refractivity contribution in [3.8, 4) is 10.4 Å². The van der Waals surface area contributed by atoms with Gasteiger partial charge in [-0.1, -0.05) is 42.1 Å². The van der Waals surface area contributed by atoms with Crippen molar-refractivity contribution in [3.63, 3.8) is 0 Å². The van der Waals surface area contributed by atoms with Gasteiger partial charge in [0.25, 0.3) is 0 Å². The van der Waals surface area contributed by atoms with Crippen molar-refractivity contribution in [2.75, 3.05) is 0 Å². The maximum absolute atomic E-state index is 11.9. The number of hydrogen-bond donors (Lipinski definition) is 2. The van der Waals surface area contributed by atoms with Crippen LogP contribution in [0.1, 0.15) is 12.7 Å². The molecular formula is C17H16N4O2S2. The predicted octanol–water partition coefficient (Wildman–Crippen LogP) is 3.34. The molecule has 1 atom stereocenters. The number of aryl methyl sites for hydroxylation is 1. The minimum Gasteiger partial charge on any atom is -0.351 e. The van der Waals surface area contributed by atoms with Crippen LogP contribution in [0.4, 0.5) is 4.79 Å². The Labute approximate surface area is 152 Å². The summed E-state index contributed by atoms with van der Waals surface area (Å²) in [6.07, 6.45) is 0. The van der Waals surface area contributed by atoms with Gasteiger partial charge in [-0.3, -0.25) is 10.1 Å². The van der Waals surface area contributed by atoms with E-state index in [-0.39, 0.29) is 0 Å². The number of carbonyl (C=O) groups excluding carboxylic acids is 2. The quantitative estimate of drug-likeness (QED) is 0.541. The number of aromatic nitrogens is 2. The highest BCUT2D eigenvalue weighted by atomic mass is 32.2. The molecule has 6 nitrogen and oxygen atoms in total. The van der Waals surface area contributed by atoms with Crippen LogP contribution in [0.3, 0.4) is 0 Å². The molecule has 0 saturated heterocycles. The van der Waals surface area contributed by atoms with Crippen LogP contribution in [0.15, 0.2) is 41.4 Å². The van der Waals surface area contributed by atoms with Gasteiger partial charge in [0.15, 0.2) is 0 Å². The van der Waals surface area contributed by atoms with E-state index in [2.05, 4.69) is 15.3 Å². The Bertz CT molecular complexity index is 940. The Morgan fingerprint density at radius 1 is 1.24 bits per heavy atom. The van der Waals surface area contributed by atoms with Gasteiger partial charge >= 0.3 is 6.03 Å². The Balaban J connectivity index is 1.96. The molecule has 0 radical (unpaired) electrons. The minimum absolute atomic E-state index is 0.444. The average molecular weight is 372 g/mol. The number of carbonyl (C=O) groups is 2. The molecule has 128 valence electrons. The fraction of sp³-hybridized carbons (Fsp3) is 0.176. The molecule has 25 heavy (non-hydrogen) atoms. The molecule has 0 aliphatic carbocycles. The van der Waals surface area contributed by atoms with Gasteiger partial charge in [0.05, 0.1) is 5.25 Å². The van der Waals surface area contributed by atoms with E-state index >= 15 is 0 Å². The number of imide groups is 1. The lowest BCUT2D eigenvalue weighted by molar-refractivity contribution is -0.119. The summed E-state index contributed by atoms with van der Waals surface area (Å²) in [6, 6.07) is 11.2. The highest BCUT2D eigenvalue weighted by Crippen LogP contribution is 2.37. The van der Waals surface area contributed by atoms with E-state index in [0.29, 0.717) is 10.9 Å². The summed E-state index contributed by atoms with van der Waals surface area (Å²) >= 11 is 2.87. The molecule has 3 rings (SSSR count). The van der Waals surface area contributed by atoms with Crippen molar-refractivity contribution in [2.24, 2.45) is 5.73 Å². The molecule has 2 aromatic heterocycles. The summed E-state index contributed by atoms with van der Waals surface area (Å²) in [5, 5.41) is 3.20. The third-order valence-corrected chi connectivity index (χ3v) is 5.61. The van der Waals surface area contributed by atoms with Crippen LogP contribution in [-0.4, -0.2) is 27.2 Å². The number of thioether (sulfide) groups is 1. The molecule has 0 fully saturated rings. The number of nitrogens with two attached hydrogens (primary N) is 1. The van der Waals surface area contributed by atoms with Gasteiger partial charge in [-0.25, -0.2) is 14.8 Å². The van der Waals surface area contributed by atoms with E-state index in [1.807, 2.05) is 43.3 Å². The fourth-order valence-electron chi connectivity index (χ4n) is 2.28. The van der Waals surface area contributed by atoms with E-state index in [1.54, 1.807) is 18.3 Å². The van der Waals surface area contributed by atoms with Crippen molar-refractivity contribution in [1.29, 1.82) is 0 Å². The van der Waals surface area contributed by atoms with Gasteiger partial charge in [0, 0.05) is 10.3 Å². The molecule has 0 aliphatic heterocycles. The first kappa shape index (κ1) is 17.4. The summed E-state index contributed by atoms with van der Waals surface area (Å²) < 4.78 is 0. The van der Waals surface area contributed by atoms with Crippen molar-refractivity contribution in [2.45, 2.75) is 24.1 Å². The van der Waals surface area contributed by atoms with Crippen LogP contribution in [0.2, 0.25) is 0 Å². The third kappa shape index (κ3) is 3.97. The van der Waals surface area contributed by atoms with Crippen LogP contribution >= 0.6 is 23.1 Å². The number of urea groups is 1. The molecule has 3 aromatic rings. The number of benzene rings is 1. The second-order valence-electron chi connectivity index (χ2n) is 5.39. The largest absolute Gasteiger partial charge is 0.351 e. The first-order valence-electron chi connectivity index (χ1n) is 7.54. The molecule has 0 spiro atoms. The topological polar surface area (TPSA) is 98.0 Å². The monoisotopic (exact) mass is 372 g/mol. The van der Waals surface area contributed by atoms with Crippen LogP contribution in [0.5, 0.6) is 0 Å². The van der Waals surface area contributed by atoms with Crippen LogP contribution in [-0.2, 0) is 4.79 Å². The van der Waals surface area contributed by atoms with E-state index in [0.717, 1.165) is 20.7 Å². The van der Waals surface area contributed by atoms with Gasteiger partial charge in [0.1, 0.15) is 15.7 Å². The van der Waals surface area contributed by atoms with E-state index < -0.39 is 17.2 Å².